The van der Waals surface area contributed by atoms with Gasteiger partial charge in [-0.15, -0.1) is 0 Å². The molecule has 0 spiro atoms. The van der Waals surface area contributed by atoms with Crippen LogP contribution < -0.4 is 5.73 Å². The van der Waals surface area contributed by atoms with Crippen LogP contribution >= 0.6 is 0 Å². The molecule has 0 bridgehead atoms. The van der Waals surface area contributed by atoms with E-state index in [1.165, 1.54) is 16.3 Å². The number of benzene rings is 3. The summed E-state index contributed by atoms with van der Waals surface area (Å²) in [5, 5.41) is 2.48. The van der Waals surface area contributed by atoms with Gasteiger partial charge in [0.15, 0.2) is 0 Å². The van der Waals surface area contributed by atoms with E-state index in [4.69, 9.17) is 5.73 Å². The topological polar surface area (TPSA) is 43.1 Å². The molecule has 2 N–H and O–H groups in total. The molecule has 0 heterocycles. The first-order valence-electron chi connectivity index (χ1n) is 7.56. The molecule has 0 fully saturated rings. The number of amides is 1. The number of hydrogen-bond donors (Lipinski definition) is 1. The Balaban J connectivity index is 1.84. The molecule has 3 rings (SSSR count). The maximum atomic E-state index is 11.8. The van der Waals surface area contributed by atoms with Gasteiger partial charge in [0.2, 0.25) is 5.91 Å². The first-order chi connectivity index (χ1) is 10.8. The van der Waals surface area contributed by atoms with E-state index in [1.807, 2.05) is 36.4 Å². The third kappa shape index (κ3) is 3.01. The van der Waals surface area contributed by atoms with Crippen molar-refractivity contribution < 1.29 is 4.79 Å². The van der Waals surface area contributed by atoms with E-state index in [1.54, 1.807) is 0 Å². The third-order valence-corrected chi connectivity index (χ3v) is 4.13. The summed E-state index contributed by atoms with van der Waals surface area (Å²) in [5.74, 6) is -0.494. The van der Waals surface area contributed by atoms with Crippen molar-refractivity contribution in [1.29, 1.82) is 0 Å². The van der Waals surface area contributed by atoms with Gasteiger partial charge in [0.1, 0.15) is 0 Å². The zero-order chi connectivity index (χ0) is 15.4. The Morgan fingerprint density at radius 1 is 0.864 bits per heavy atom. The van der Waals surface area contributed by atoms with E-state index in [0.29, 0.717) is 0 Å². The molecule has 0 radical (unpaired) electrons. The van der Waals surface area contributed by atoms with Gasteiger partial charge in [-0.25, -0.2) is 0 Å². The molecule has 0 aliphatic carbocycles. The van der Waals surface area contributed by atoms with Crippen LogP contribution in [0.3, 0.4) is 0 Å². The molecule has 1 atom stereocenters. The van der Waals surface area contributed by atoms with E-state index in [-0.39, 0.29) is 11.8 Å². The van der Waals surface area contributed by atoms with E-state index in [0.717, 1.165) is 18.4 Å². The quantitative estimate of drug-likeness (QED) is 0.756. The molecule has 0 unspecified atom stereocenters. The average Bonchev–Trinajstić information content (AvgIpc) is 2.56. The summed E-state index contributed by atoms with van der Waals surface area (Å²) in [6, 6.07) is 24.4. The predicted molar refractivity (Wildman–Crippen MR) is 90.6 cm³/mol. The van der Waals surface area contributed by atoms with Gasteiger partial charge in [-0.3, -0.25) is 4.79 Å². The highest BCUT2D eigenvalue weighted by molar-refractivity contribution is 5.86. The van der Waals surface area contributed by atoms with Crippen LogP contribution in [0.15, 0.2) is 72.8 Å². The van der Waals surface area contributed by atoms with Gasteiger partial charge >= 0.3 is 0 Å². The van der Waals surface area contributed by atoms with Crippen molar-refractivity contribution in [2.45, 2.75) is 18.8 Å². The van der Waals surface area contributed by atoms with Crippen molar-refractivity contribution in [3.05, 3.63) is 83.9 Å². The normalized spacial score (nSPS) is 12.2. The lowest BCUT2D eigenvalue weighted by molar-refractivity contribution is -0.119. The Hall–Kier alpha value is -2.61. The number of fused-ring (bicyclic) bond motifs is 1. The lowest BCUT2D eigenvalue weighted by Gasteiger charge is -2.14. The van der Waals surface area contributed by atoms with Crippen LogP contribution in [0.1, 0.15) is 23.5 Å². The fourth-order valence-electron chi connectivity index (χ4n) is 2.97. The Morgan fingerprint density at radius 3 is 2.32 bits per heavy atom. The van der Waals surface area contributed by atoms with Gasteiger partial charge in [0, 0.05) is 0 Å². The van der Waals surface area contributed by atoms with Gasteiger partial charge in [0.25, 0.3) is 0 Å². The molecule has 22 heavy (non-hydrogen) atoms. The van der Waals surface area contributed by atoms with Crippen molar-refractivity contribution in [3.63, 3.8) is 0 Å². The molecule has 0 aliphatic heterocycles. The summed E-state index contributed by atoms with van der Waals surface area (Å²) in [4.78, 5) is 11.8. The molecule has 0 saturated heterocycles. The monoisotopic (exact) mass is 289 g/mol. The van der Waals surface area contributed by atoms with Crippen LogP contribution in [0.25, 0.3) is 10.8 Å². The van der Waals surface area contributed by atoms with Crippen LogP contribution in [0, 0.1) is 0 Å². The Morgan fingerprint density at radius 2 is 1.55 bits per heavy atom. The van der Waals surface area contributed by atoms with E-state index < -0.39 is 0 Å². The molecule has 3 aromatic rings. The van der Waals surface area contributed by atoms with Crippen molar-refractivity contribution >= 4 is 16.7 Å². The Bertz CT molecular complexity index is 775. The number of primary amides is 1. The molecule has 1 amide bonds. The van der Waals surface area contributed by atoms with Gasteiger partial charge in [0.05, 0.1) is 5.92 Å². The second-order valence-corrected chi connectivity index (χ2v) is 5.54. The molecule has 0 aromatic heterocycles. The van der Waals surface area contributed by atoms with Crippen LogP contribution in [-0.4, -0.2) is 5.91 Å². The number of carbonyl (C=O) groups excluding carboxylic acids is 1. The maximum Gasteiger partial charge on any atom is 0.224 e. The van der Waals surface area contributed by atoms with Gasteiger partial charge in [-0.05, 0) is 34.7 Å². The number of aryl methyl sites for hydroxylation is 1. The maximum absolute atomic E-state index is 11.8. The van der Waals surface area contributed by atoms with Crippen LogP contribution in [0.4, 0.5) is 0 Å². The minimum absolute atomic E-state index is 0.236. The summed E-state index contributed by atoms with van der Waals surface area (Å²) in [7, 11) is 0. The molecule has 110 valence electrons. The first-order valence-corrected chi connectivity index (χ1v) is 7.56. The number of carbonyl (C=O) groups is 1. The summed E-state index contributed by atoms with van der Waals surface area (Å²) in [6.45, 7) is 0. The highest BCUT2D eigenvalue weighted by atomic mass is 16.1. The molecule has 0 saturated carbocycles. The molecular weight excluding hydrogens is 270 g/mol. The molecule has 0 aliphatic rings. The summed E-state index contributed by atoms with van der Waals surface area (Å²) in [6.07, 6.45) is 1.57. The Kier molecular flexibility index (Phi) is 4.19. The molecule has 3 aromatic carbocycles. The lowest BCUT2D eigenvalue weighted by Crippen LogP contribution is -2.22. The van der Waals surface area contributed by atoms with Crippen molar-refractivity contribution in [1.82, 2.24) is 0 Å². The zero-order valence-corrected chi connectivity index (χ0v) is 12.4. The van der Waals surface area contributed by atoms with Crippen molar-refractivity contribution in [2.75, 3.05) is 0 Å². The van der Waals surface area contributed by atoms with Crippen LogP contribution in [-0.2, 0) is 11.2 Å². The third-order valence-electron chi connectivity index (χ3n) is 4.13. The minimum Gasteiger partial charge on any atom is -0.369 e. The molecule has 2 nitrogen and oxygen atoms in total. The molecular formula is C20H19NO. The van der Waals surface area contributed by atoms with E-state index >= 15 is 0 Å². The number of hydrogen-bond acceptors (Lipinski definition) is 1. The van der Waals surface area contributed by atoms with Crippen molar-refractivity contribution in [3.8, 4) is 0 Å². The van der Waals surface area contributed by atoms with Crippen molar-refractivity contribution in [2.24, 2.45) is 5.73 Å². The van der Waals surface area contributed by atoms with E-state index in [9.17, 15) is 4.79 Å². The number of nitrogens with two attached hydrogens (primary N) is 1. The smallest absolute Gasteiger partial charge is 0.224 e. The van der Waals surface area contributed by atoms with Gasteiger partial charge in [-0.2, -0.15) is 0 Å². The van der Waals surface area contributed by atoms with Gasteiger partial charge < -0.3 is 5.73 Å². The lowest BCUT2D eigenvalue weighted by atomic mass is 9.90. The second kappa shape index (κ2) is 6.44. The highest BCUT2D eigenvalue weighted by Gasteiger charge is 2.17. The minimum atomic E-state index is -0.258. The second-order valence-electron chi connectivity index (χ2n) is 5.54. The standard InChI is InChI=1S/C20H19NO/c21-20(22)19(16-7-2-1-3-8-16)14-13-17-11-6-10-15-9-4-5-12-18(15)17/h1-12,19H,13-14H2,(H2,21,22)/t19-/m1/s1. The largest absolute Gasteiger partial charge is 0.369 e. The summed E-state index contributed by atoms with van der Waals surface area (Å²) in [5.41, 5.74) is 7.87. The first kappa shape index (κ1) is 14.3. The SMILES string of the molecule is NC(=O)[C@H](CCc1cccc2ccccc12)c1ccccc1. The van der Waals surface area contributed by atoms with Gasteiger partial charge in [-0.1, -0.05) is 72.8 Å². The Labute approximate surface area is 130 Å². The summed E-state index contributed by atoms with van der Waals surface area (Å²) >= 11 is 0. The number of rotatable bonds is 5. The van der Waals surface area contributed by atoms with E-state index in [2.05, 4.69) is 36.4 Å². The van der Waals surface area contributed by atoms with Crippen LogP contribution in [0.2, 0.25) is 0 Å². The fraction of sp³-hybridized carbons (Fsp3) is 0.150. The predicted octanol–water partition coefficient (Wildman–Crippen LogP) is 4.04. The summed E-state index contributed by atoms with van der Waals surface area (Å²) < 4.78 is 0. The fourth-order valence-corrected chi connectivity index (χ4v) is 2.97. The van der Waals surface area contributed by atoms with Crippen LogP contribution in [0.5, 0.6) is 0 Å². The highest BCUT2D eigenvalue weighted by Crippen LogP contribution is 2.25. The zero-order valence-electron chi connectivity index (χ0n) is 12.4. The average molecular weight is 289 g/mol. The molecule has 2 heteroatoms.